The summed E-state index contributed by atoms with van der Waals surface area (Å²) in [5.41, 5.74) is 7.87. The van der Waals surface area contributed by atoms with Crippen molar-refractivity contribution in [2.75, 3.05) is 11.4 Å². The van der Waals surface area contributed by atoms with Crippen LogP contribution in [0.5, 0.6) is 0 Å². The van der Waals surface area contributed by atoms with Gasteiger partial charge in [0, 0.05) is 17.1 Å². The highest BCUT2D eigenvalue weighted by Crippen LogP contribution is 2.48. The summed E-state index contributed by atoms with van der Waals surface area (Å²) in [6.45, 7) is 6.92. The lowest BCUT2D eigenvalue weighted by molar-refractivity contribution is -0.116. The van der Waals surface area contributed by atoms with Crippen LogP contribution in [0.25, 0.3) is 10.8 Å². The van der Waals surface area contributed by atoms with E-state index in [0.29, 0.717) is 0 Å². The first-order valence-electron chi connectivity index (χ1n) is 7.00. The fourth-order valence-electron chi connectivity index (χ4n) is 3.37. The van der Waals surface area contributed by atoms with E-state index in [4.69, 9.17) is 5.73 Å². The maximum absolute atomic E-state index is 11.4. The number of carbonyl (C=O) groups excluding carboxylic acids is 1. The molecule has 0 aliphatic carbocycles. The SMILES string of the molecule is CC1N(CC(N)=O)c2ccc3ccccc3c2C1(C)C. The molecule has 0 saturated carbocycles. The molecule has 0 saturated heterocycles. The summed E-state index contributed by atoms with van der Waals surface area (Å²) in [6, 6.07) is 12.9. The Bertz CT molecular complexity index is 690. The Balaban J connectivity index is 2.27. The van der Waals surface area contributed by atoms with Gasteiger partial charge in [0.2, 0.25) is 5.91 Å². The third kappa shape index (κ3) is 1.69. The van der Waals surface area contributed by atoms with E-state index in [1.54, 1.807) is 0 Å². The van der Waals surface area contributed by atoms with Crippen LogP contribution in [0.4, 0.5) is 5.69 Å². The number of carbonyl (C=O) groups is 1. The van der Waals surface area contributed by atoms with Crippen LogP contribution in [0.3, 0.4) is 0 Å². The molecule has 2 aromatic carbocycles. The molecule has 1 aliphatic rings. The maximum atomic E-state index is 11.4. The summed E-state index contributed by atoms with van der Waals surface area (Å²) >= 11 is 0. The van der Waals surface area contributed by atoms with Crippen LogP contribution in [0.2, 0.25) is 0 Å². The Kier molecular flexibility index (Phi) is 2.75. The lowest BCUT2D eigenvalue weighted by Gasteiger charge is -2.30. The molecule has 1 heterocycles. The summed E-state index contributed by atoms with van der Waals surface area (Å²) < 4.78 is 0. The zero-order valence-corrected chi connectivity index (χ0v) is 12.2. The predicted octanol–water partition coefficient (Wildman–Crippen LogP) is 2.81. The summed E-state index contributed by atoms with van der Waals surface area (Å²) in [5, 5.41) is 2.52. The van der Waals surface area contributed by atoms with Crippen molar-refractivity contribution >= 4 is 22.4 Å². The normalized spacial score (nSPS) is 20.1. The molecule has 0 fully saturated rings. The van der Waals surface area contributed by atoms with Crippen molar-refractivity contribution < 1.29 is 4.79 Å². The average molecular weight is 268 g/mol. The van der Waals surface area contributed by atoms with E-state index in [9.17, 15) is 4.79 Å². The quantitative estimate of drug-likeness (QED) is 0.910. The van der Waals surface area contributed by atoms with Crippen molar-refractivity contribution in [1.29, 1.82) is 0 Å². The standard InChI is InChI=1S/C17H20N2O/c1-11-17(2,3)16-13-7-5-4-6-12(13)8-9-14(16)19(11)10-15(18)20/h4-9,11H,10H2,1-3H3,(H2,18,20). The predicted molar refractivity (Wildman–Crippen MR) is 83.0 cm³/mol. The number of primary amides is 1. The molecule has 3 heteroatoms. The minimum absolute atomic E-state index is 0.00829. The van der Waals surface area contributed by atoms with Gasteiger partial charge in [0.15, 0.2) is 0 Å². The van der Waals surface area contributed by atoms with Gasteiger partial charge in [-0.15, -0.1) is 0 Å². The van der Waals surface area contributed by atoms with E-state index in [1.807, 2.05) is 0 Å². The van der Waals surface area contributed by atoms with Crippen LogP contribution in [0, 0.1) is 0 Å². The zero-order chi connectivity index (χ0) is 14.5. The summed E-state index contributed by atoms with van der Waals surface area (Å²) in [7, 11) is 0. The fraction of sp³-hybridized carbons (Fsp3) is 0.353. The maximum Gasteiger partial charge on any atom is 0.236 e. The van der Waals surface area contributed by atoms with Crippen LogP contribution in [-0.4, -0.2) is 18.5 Å². The number of hydrogen-bond donors (Lipinski definition) is 1. The molecule has 1 amide bonds. The van der Waals surface area contributed by atoms with Gasteiger partial charge in [0.1, 0.15) is 0 Å². The van der Waals surface area contributed by atoms with Crippen LogP contribution >= 0.6 is 0 Å². The van der Waals surface area contributed by atoms with Gasteiger partial charge in [0.25, 0.3) is 0 Å². The third-order valence-electron chi connectivity index (χ3n) is 4.70. The first kappa shape index (κ1) is 13.0. The number of amides is 1. The fourth-order valence-corrected chi connectivity index (χ4v) is 3.37. The van der Waals surface area contributed by atoms with E-state index in [-0.39, 0.29) is 23.9 Å². The van der Waals surface area contributed by atoms with Gasteiger partial charge in [-0.1, -0.05) is 44.2 Å². The number of rotatable bonds is 2. The van der Waals surface area contributed by atoms with Crippen molar-refractivity contribution in [3.8, 4) is 0 Å². The molecule has 2 aromatic rings. The Hall–Kier alpha value is -2.03. The van der Waals surface area contributed by atoms with Gasteiger partial charge in [-0.2, -0.15) is 0 Å². The molecule has 20 heavy (non-hydrogen) atoms. The molecule has 0 bridgehead atoms. The Labute approximate surface area is 119 Å². The van der Waals surface area contributed by atoms with Crippen molar-refractivity contribution in [3.05, 3.63) is 42.0 Å². The molecule has 3 rings (SSSR count). The molecule has 0 aromatic heterocycles. The molecular weight excluding hydrogens is 248 g/mol. The lowest BCUT2D eigenvalue weighted by atomic mass is 9.79. The Morgan fingerprint density at radius 2 is 1.95 bits per heavy atom. The summed E-state index contributed by atoms with van der Waals surface area (Å²) in [6.07, 6.45) is 0. The monoisotopic (exact) mass is 268 g/mol. The second-order valence-corrected chi connectivity index (χ2v) is 6.17. The van der Waals surface area contributed by atoms with Crippen LogP contribution in [0.15, 0.2) is 36.4 Å². The lowest BCUT2D eigenvalue weighted by Crippen LogP contribution is -2.43. The zero-order valence-electron chi connectivity index (χ0n) is 12.2. The third-order valence-corrected chi connectivity index (χ3v) is 4.70. The summed E-state index contributed by atoms with van der Waals surface area (Å²) in [5.74, 6) is -0.284. The van der Waals surface area contributed by atoms with E-state index in [2.05, 4.69) is 62.1 Å². The number of fused-ring (bicyclic) bond motifs is 3. The van der Waals surface area contributed by atoms with E-state index < -0.39 is 0 Å². The highest BCUT2D eigenvalue weighted by molar-refractivity contribution is 5.94. The van der Waals surface area contributed by atoms with Gasteiger partial charge in [-0.25, -0.2) is 0 Å². The van der Waals surface area contributed by atoms with Gasteiger partial charge in [-0.05, 0) is 29.3 Å². The summed E-state index contributed by atoms with van der Waals surface area (Å²) in [4.78, 5) is 13.5. The molecule has 2 N–H and O–H groups in total. The minimum Gasteiger partial charge on any atom is -0.368 e. The first-order valence-corrected chi connectivity index (χ1v) is 7.00. The molecule has 104 valence electrons. The molecule has 3 nitrogen and oxygen atoms in total. The highest BCUT2D eigenvalue weighted by atomic mass is 16.1. The minimum atomic E-state index is -0.284. The second-order valence-electron chi connectivity index (χ2n) is 6.17. The molecular formula is C17H20N2O. The topological polar surface area (TPSA) is 46.3 Å². The molecule has 0 spiro atoms. The molecule has 0 radical (unpaired) electrons. The van der Waals surface area contributed by atoms with Gasteiger partial charge in [-0.3, -0.25) is 4.79 Å². The van der Waals surface area contributed by atoms with Crippen LogP contribution < -0.4 is 10.6 Å². The van der Waals surface area contributed by atoms with Crippen molar-refractivity contribution in [3.63, 3.8) is 0 Å². The number of benzene rings is 2. The van der Waals surface area contributed by atoms with Crippen molar-refractivity contribution in [2.24, 2.45) is 5.73 Å². The first-order chi connectivity index (χ1) is 9.43. The number of nitrogens with two attached hydrogens (primary N) is 1. The van der Waals surface area contributed by atoms with Gasteiger partial charge >= 0.3 is 0 Å². The van der Waals surface area contributed by atoms with Crippen molar-refractivity contribution in [1.82, 2.24) is 0 Å². The van der Waals surface area contributed by atoms with Gasteiger partial charge < -0.3 is 10.6 Å². The van der Waals surface area contributed by atoms with Crippen LogP contribution in [-0.2, 0) is 10.2 Å². The smallest absolute Gasteiger partial charge is 0.236 e. The van der Waals surface area contributed by atoms with E-state index in [1.165, 1.54) is 16.3 Å². The molecule has 1 atom stereocenters. The van der Waals surface area contributed by atoms with E-state index in [0.717, 1.165) is 5.69 Å². The number of nitrogens with zero attached hydrogens (tertiary/aromatic N) is 1. The average Bonchev–Trinajstić information content (AvgIpc) is 2.60. The molecule has 1 unspecified atom stereocenters. The number of anilines is 1. The Morgan fingerprint density at radius 3 is 2.65 bits per heavy atom. The number of hydrogen-bond acceptors (Lipinski definition) is 2. The van der Waals surface area contributed by atoms with Gasteiger partial charge in [0.05, 0.1) is 6.54 Å². The van der Waals surface area contributed by atoms with Crippen LogP contribution in [0.1, 0.15) is 26.3 Å². The Morgan fingerprint density at radius 1 is 1.25 bits per heavy atom. The van der Waals surface area contributed by atoms with E-state index >= 15 is 0 Å². The second kappa shape index (κ2) is 4.23. The van der Waals surface area contributed by atoms with Crippen molar-refractivity contribution in [2.45, 2.75) is 32.2 Å². The highest BCUT2D eigenvalue weighted by Gasteiger charge is 2.43. The largest absolute Gasteiger partial charge is 0.368 e. The molecule has 1 aliphatic heterocycles.